The number of carbonyl (C=O) groups excluding carboxylic acids is 1. The Morgan fingerprint density at radius 3 is 1.59 bits per heavy atom. The van der Waals surface area contributed by atoms with E-state index in [1.807, 2.05) is 0 Å². The van der Waals surface area contributed by atoms with E-state index in [2.05, 4.69) is 27.7 Å². The molecule has 0 spiro atoms. The molecule has 126 valence electrons. The second-order valence-electron chi connectivity index (χ2n) is 6.51. The normalized spacial score (nSPS) is 10.5. The fourth-order valence-electron chi connectivity index (χ4n) is 1.69. The zero-order chi connectivity index (χ0) is 17.3. The van der Waals surface area contributed by atoms with Crippen LogP contribution >= 0.6 is 0 Å². The highest BCUT2D eigenvalue weighted by Crippen LogP contribution is 2.30. The van der Waals surface area contributed by atoms with Crippen molar-refractivity contribution in [3.63, 3.8) is 0 Å². The molecule has 0 bridgehead atoms. The van der Waals surface area contributed by atoms with E-state index < -0.39 is 0 Å². The average Bonchev–Trinajstić information content (AvgIpc) is 2.40. The molecule has 4 nitrogen and oxygen atoms in total. The van der Waals surface area contributed by atoms with Gasteiger partial charge in [-0.25, -0.2) is 0 Å². The second-order valence-corrected chi connectivity index (χ2v) is 6.51. The van der Waals surface area contributed by atoms with Gasteiger partial charge >= 0.3 is 0 Å². The van der Waals surface area contributed by atoms with E-state index in [4.69, 9.17) is 15.3 Å². The van der Waals surface area contributed by atoms with Crippen molar-refractivity contribution in [3.05, 3.63) is 17.7 Å². The summed E-state index contributed by atoms with van der Waals surface area (Å²) in [6.07, 6.45) is 3.67. The van der Waals surface area contributed by atoms with Gasteiger partial charge in [-0.1, -0.05) is 27.7 Å². The standard InChI is InChI=1S/C11H22O.C7H8O3/c1-9(2)5-7-11(12)8-6-10(3)4;1-4-6(9)2-5(8)3-7(4)10/h9-10H,5-8H2,1-4H3;2-3,8-10H,1H3. The lowest BCUT2D eigenvalue weighted by atomic mass is 10.0. The average molecular weight is 310 g/mol. The summed E-state index contributed by atoms with van der Waals surface area (Å²) in [5.74, 6) is 1.43. The highest BCUT2D eigenvalue weighted by Gasteiger charge is 2.04. The Labute approximate surface area is 133 Å². The lowest BCUT2D eigenvalue weighted by molar-refractivity contribution is -0.119. The van der Waals surface area contributed by atoms with E-state index >= 15 is 0 Å². The first kappa shape index (κ1) is 20.3. The van der Waals surface area contributed by atoms with Crippen LogP contribution < -0.4 is 0 Å². The number of benzene rings is 1. The number of phenolic OH excluding ortho intramolecular Hbond substituents is 3. The molecule has 0 aliphatic heterocycles. The van der Waals surface area contributed by atoms with Crippen molar-refractivity contribution in [1.82, 2.24) is 0 Å². The first-order chi connectivity index (χ1) is 10.1. The molecule has 0 aliphatic carbocycles. The third-order valence-corrected chi connectivity index (χ3v) is 3.34. The van der Waals surface area contributed by atoms with Gasteiger partial charge in [0.25, 0.3) is 0 Å². The lowest BCUT2D eigenvalue weighted by Crippen LogP contribution is -2.02. The van der Waals surface area contributed by atoms with Gasteiger partial charge in [-0.15, -0.1) is 0 Å². The first-order valence-electron chi connectivity index (χ1n) is 7.86. The molecule has 4 heteroatoms. The SMILES string of the molecule is CC(C)CCC(=O)CCC(C)C.Cc1c(O)cc(O)cc1O. The zero-order valence-electron chi connectivity index (χ0n) is 14.4. The minimum Gasteiger partial charge on any atom is -0.508 e. The lowest BCUT2D eigenvalue weighted by Gasteiger charge is -2.05. The molecule has 0 atom stereocenters. The number of aromatic hydroxyl groups is 3. The fraction of sp³-hybridized carbons (Fsp3) is 0.611. The first-order valence-corrected chi connectivity index (χ1v) is 7.86. The predicted octanol–water partition coefficient (Wildman–Crippen LogP) is 4.54. The van der Waals surface area contributed by atoms with E-state index in [9.17, 15) is 4.79 Å². The molecular formula is C18H30O4. The van der Waals surface area contributed by atoms with Crippen LogP contribution in [-0.2, 0) is 4.79 Å². The smallest absolute Gasteiger partial charge is 0.132 e. The van der Waals surface area contributed by atoms with E-state index in [0.29, 0.717) is 23.2 Å². The Bertz CT molecular complexity index is 427. The topological polar surface area (TPSA) is 77.8 Å². The van der Waals surface area contributed by atoms with Crippen molar-refractivity contribution in [2.45, 2.75) is 60.3 Å². The summed E-state index contributed by atoms with van der Waals surface area (Å²) in [6.45, 7) is 10.2. The maximum absolute atomic E-state index is 11.3. The molecule has 22 heavy (non-hydrogen) atoms. The van der Waals surface area contributed by atoms with Crippen LogP contribution in [0.25, 0.3) is 0 Å². The summed E-state index contributed by atoms with van der Waals surface area (Å²) in [5.41, 5.74) is 0.373. The predicted molar refractivity (Wildman–Crippen MR) is 89.3 cm³/mol. The van der Waals surface area contributed by atoms with Gasteiger partial charge in [0.15, 0.2) is 0 Å². The fourth-order valence-corrected chi connectivity index (χ4v) is 1.69. The van der Waals surface area contributed by atoms with Crippen molar-refractivity contribution >= 4 is 5.78 Å². The Morgan fingerprint density at radius 2 is 1.27 bits per heavy atom. The van der Waals surface area contributed by atoms with E-state index in [-0.39, 0.29) is 17.2 Å². The molecule has 0 saturated carbocycles. The Hall–Kier alpha value is -1.71. The number of Topliss-reactive ketones (excluding diaryl/α,β-unsaturated/α-hetero) is 1. The molecule has 1 rings (SSSR count). The van der Waals surface area contributed by atoms with Crippen molar-refractivity contribution in [2.75, 3.05) is 0 Å². The van der Waals surface area contributed by atoms with E-state index in [0.717, 1.165) is 25.7 Å². The highest BCUT2D eigenvalue weighted by atomic mass is 16.3. The number of hydrogen-bond acceptors (Lipinski definition) is 4. The molecule has 3 N–H and O–H groups in total. The van der Waals surface area contributed by atoms with Gasteiger partial charge in [0.05, 0.1) is 0 Å². The van der Waals surface area contributed by atoms with Crippen LogP contribution in [0.4, 0.5) is 0 Å². The molecule has 0 unspecified atom stereocenters. The van der Waals surface area contributed by atoms with Crippen LogP contribution in [0.15, 0.2) is 12.1 Å². The third kappa shape index (κ3) is 9.27. The van der Waals surface area contributed by atoms with E-state index in [1.54, 1.807) is 6.92 Å². The van der Waals surface area contributed by atoms with Gasteiger partial charge in [-0.2, -0.15) is 0 Å². The van der Waals surface area contributed by atoms with Gasteiger partial charge in [0, 0.05) is 30.5 Å². The zero-order valence-corrected chi connectivity index (χ0v) is 14.4. The van der Waals surface area contributed by atoms with Crippen molar-refractivity contribution < 1.29 is 20.1 Å². The maximum atomic E-state index is 11.3. The molecule has 0 amide bonds. The summed E-state index contributed by atoms with van der Waals surface area (Å²) >= 11 is 0. The van der Waals surface area contributed by atoms with E-state index in [1.165, 1.54) is 12.1 Å². The summed E-state index contributed by atoms with van der Waals surface area (Å²) in [6, 6.07) is 2.35. The molecular weight excluding hydrogens is 280 g/mol. The second kappa shape index (κ2) is 10.1. The minimum absolute atomic E-state index is 0.0995. The van der Waals surface area contributed by atoms with Crippen LogP contribution in [0.2, 0.25) is 0 Å². The minimum atomic E-state index is -0.138. The molecule has 1 aromatic rings. The maximum Gasteiger partial charge on any atom is 0.132 e. The highest BCUT2D eigenvalue weighted by molar-refractivity contribution is 5.78. The Kier molecular flexibility index (Phi) is 9.31. The van der Waals surface area contributed by atoms with Gasteiger partial charge in [-0.3, -0.25) is 4.79 Å². The molecule has 0 aliphatic rings. The van der Waals surface area contributed by atoms with Crippen LogP contribution in [0.1, 0.15) is 58.9 Å². The monoisotopic (exact) mass is 310 g/mol. The summed E-state index contributed by atoms with van der Waals surface area (Å²) in [7, 11) is 0. The quantitative estimate of drug-likeness (QED) is 0.721. The molecule has 0 saturated heterocycles. The Balaban J connectivity index is 0.000000406. The van der Waals surface area contributed by atoms with Crippen molar-refractivity contribution in [2.24, 2.45) is 11.8 Å². The van der Waals surface area contributed by atoms with Crippen molar-refractivity contribution in [3.8, 4) is 17.2 Å². The van der Waals surface area contributed by atoms with Gasteiger partial charge in [-0.05, 0) is 31.6 Å². The Morgan fingerprint density at radius 1 is 0.909 bits per heavy atom. The number of rotatable bonds is 6. The molecule has 0 radical (unpaired) electrons. The number of ketones is 1. The largest absolute Gasteiger partial charge is 0.508 e. The third-order valence-electron chi connectivity index (χ3n) is 3.34. The molecule has 0 aromatic heterocycles. The number of hydrogen-bond donors (Lipinski definition) is 3. The van der Waals surface area contributed by atoms with Gasteiger partial charge in [0.2, 0.25) is 0 Å². The van der Waals surface area contributed by atoms with Crippen molar-refractivity contribution in [1.29, 1.82) is 0 Å². The number of carbonyl (C=O) groups is 1. The van der Waals surface area contributed by atoms with Crippen LogP contribution in [0.5, 0.6) is 17.2 Å². The molecule has 0 fully saturated rings. The summed E-state index contributed by atoms with van der Waals surface area (Å²) < 4.78 is 0. The summed E-state index contributed by atoms with van der Waals surface area (Å²) in [4.78, 5) is 11.3. The van der Waals surface area contributed by atoms with Crippen LogP contribution in [0.3, 0.4) is 0 Å². The van der Waals surface area contributed by atoms with Gasteiger partial charge in [0.1, 0.15) is 23.0 Å². The van der Waals surface area contributed by atoms with Crippen LogP contribution in [-0.4, -0.2) is 21.1 Å². The van der Waals surface area contributed by atoms with Crippen LogP contribution in [0, 0.1) is 18.8 Å². The molecule has 0 heterocycles. The summed E-state index contributed by atoms with van der Waals surface area (Å²) in [5, 5.41) is 26.7. The molecule has 1 aromatic carbocycles. The number of phenols is 3. The van der Waals surface area contributed by atoms with Gasteiger partial charge < -0.3 is 15.3 Å².